The van der Waals surface area contributed by atoms with Gasteiger partial charge in [0.1, 0.15) is 5.82 Å². The molecule has 0 fully saturated rings. The number of benzene rings is 1. The Balaban J connectivity index is 2.17. The molecule has 19 heavy (non-hydrogen) atoms. The van der Waals surface area contributed by atoms with Crippen molar-refractivity contribution >= 4 is 33.0 Å². The van der Waals surface area contributed by atoms with E-state index in [1.165, 1.54) is 6.07 Å². The summed E-state index contributed by atoms with van der Waals surface area (Å²) < 4.78 is 15.1. The Morgan fingerprint density at radius 3 is 2.68 bits per heavy atom. The van der Waals surface area contributed by atoms with Crippen molar-refractivity contribution in [2.24, 2.45) is 0 Å². The topological polar surface area (TPSA) is 23.5 Å². The molecule has 0 saturated heterocycles. The molecule has 2 nitrogen and oxygen atoms in total. The van der Waals surface area contributed by atoms with Gasteiger partial charge in [0, 0.05) is 13.6 Å². The van der Waals surface area contributed by atoms with Gasteiger partial charge in [0.2, 0.25) is 0 Å². The number of halogens is 2. The molecule has 2 rings (SSSR count). The first-order valence-electron chi connectivity index (χ1n) is 5.89. The molecule has 1 atom stereocenters. The van der Waals surface area contributed by atoms with Crippen molar-refractivity contribution < 1.29 is 9.50 Å². The maximum absolute atomic E-state index is 14.0. The van der Waals surface area contributed by atoms with Crippen LogP contribution in [0, 0.1) is 5.82 Å². The Morgan fingerprint density at radius 1 is 1.42 bits per heavy atom. The lowest BCUT2D eigenvalue weighted by atomic mass is 10.1. The van der Waals surface area contributed by atoms with E-state index in [2.05, 4.69) is 15.9 Å². The molecule has 0 aliphatic heterocycles. The molecule has 2 aromatic rings. The Kier molecular flexibility index (Phi) is 4.60. The van der Waals surface area contributed by atoms with Crippen LogP contribution in [0.2, 0.25) is 0 Å². The largest absolute Gasteiger partial charge is 0.389 e. The summed E-state index contributed by atoms with van der Waals surface area (Å²) in [5.41, 5.74) is 2.26. The normalized spacial score (nSPS) is 12.5. The van der Waals surface area contributed by atoms with Crippen LogP contribution in [-0.4, -0.2) is 12.2 Å². The Morgan fingerprint density at radius 2 is 2.16 bits per heavy atom. The van der Waals surface area contributed by atoms with Gasteiger partial charge in [-0.05, 0) is 57.6 Å². The lowest BCUT2D eigenvalue weighted by molar-refractivity contribution is 0.199. The van der Waals surface area contributed by atoms with Gasteiger partial charge in [-0.1, -0.05) is 6.07 Å². The highest BCUT2D eigenvalue weighted by Gasteiger charge is 2.11. The molecule has 0 aliphatic rings. The van der Waals surface area contributed by atoms with Crippen LogP contribution in [0.4, 0.5) is 10.1 Å². The van der Waals surface area contributed by atoms with Crippen LogP contribution in [-0.2, 0) is 6.54 Å². The number of anilines is 1. The fourth-order valence-electron chi connectivity index (χ4n) is 1.88. The first kappa shape index (κ1) is 14.5. The minimum atomic E-state index is -0.651. The van der Waals surface area contributed by atoms with E-state index < -0.39 is 6.10 Å². The van der Waals surface area contributed by atoms with Crippen LogP contribution in [0.5, 0.6) is 0 Å². The van der Waals surface area contributed by atoms with E-state index in [0.717, 1.165) is 9.35 Å². The maximum Gasteiger partial charge on any atom is 0.146 e. The van der Waals surface area contributed by atoms with E-state index in [1.807, 2.05) is 23.4 Å². The number of hydrogen-bond donors (Lipinski definition) is 1. The van der Waals surface area contributed by atoms with Crippen LogP contribution < -0.4 is 4.90 Å². The summed E-state index contributed by atoms with van der Waals surface area (Å²) in [7, 11) is 1.85. The third-order valence-corrected chi connectivity index (χ3v) is 4.46. The Bertz CT molecular complexity index is 570. The zero-order valence-corrected chi connectivity index (χ0v) is 13.1. The molecule has 0 bridgehead atoms. The van der Waals surface area contributed by atoms with Gasteiger partial charge < -0.3 is 10.0 Å². The van der Waals surface area contributed by atoms with Crippen molar-refractivity contribution in [3.8, 4) is 0 Å². The summed E-state index contributed by atoms with van der Waals surface area (Å²) in [4.78, 5) is 1.86. The quantitative estimate of drug-likeness (QED) is 0.892. The standard InChI is InChI=1S/C14H15BrFNOS/c1-9(18)11-3-4-13(12(16)6-11)17(2)7-10-5-14(15)19-8-10/h3-6,8-9,18H,7H2,1-2H3/t9-/m0/s1. The smallest absolute Gasteiger partial charge is 0.146 e. The molecule has 0 saturated carbocycles. The number of thiophene rings is 1. The van der Waals surface area contributed by atoms with Gasteiger partial charge in [-0.15, -0.1) is 11.3 Å². The lowest BCUT2D eigenvalue weighted by Crippen LogP contribution is -2.17. The molecule has 0 aliphatic carbocycles. The van der Waals surface area contributed by atoms with Crippen molar-refractivity contribution in [1.82, 2.24) is 0 Å². The van der Waals surface area contributed by atoms with Gasteiger partial charge >= 0.3 is 0 Å². The second kappa shape index (κ2) is 6.03. The molecular formula is C14H15BrFNOS. The number of aliphatic hydroxyl groups excluding tert-OH is 1. The molecule has 1 aromatic heterocycles. The number of nitrogens with zero attached hydrogens (tertiary/aromatic N) is 1. The fourth-order valence-corrected chi connectivity index (χ4v) is 3.08. The molecule has 5 heteroatoms. The van der Waals surface area contributed by atoms with Gasteiger partial charge in [0.25, 0.3) is 0 Å². The van der Waals surface area contributed by atoms with E-state index >= 15 is 0 Å². The van der Waals surface area contributed by atoms with Gasteiger partial charge in [0.05, 0.1) is 15.6 Å². The molecular weight excluding hydrogens is 329 g/mol. The van der Waals surface area contributed by atoms with Gasteiger partial charge in [-0.3, -0.25) is 0 Å². The fraction of sp³-hybridized carbons (Fsp3) is 0.286. The summed E-state index contributed by atoms with van der Waals surface area (Å²) in [6.07, 6.45) is -0.651. The SMILES string of the molecule is C[C@H](O)c1ccc(N(C)Cc2csc(Br)c2)c(F)c1. The van der Waals surface area contributed by atoms with Crippen LogP contribution >= 0.6 is 27.3 Å². The number of rotatable bonds is 4. The minimum Gasteiger partial charge on any atom is -0.389 e. The number of aliphatic hydroxyl groups is 1. The van der Waals surface area contributed by atoms with Crippen molar-refractivity contribution in [3.63, 3.8) is 0 Å². The molecule has 1 aromatic carbocycles. The molecule has 0 unspecified atom stereocenters. The predicted octanol–water partition coefficient (Wildman–Crippen LogP) is 4.34. The van der Waals surface area contributed by atoms with Crippen LogP contribution in [0.3, 0.4) is 0 Å². The van der Waals surface area contributed by atoms with Crippen molar-refractivity contribution in [1.29, 1.82) is 0 Å². The van der Waals surface area contributed by atoms with Gasteiger partial charge in [-0.2, -0.15) is 0 Å². The first-order valence-corrected chi connectivity index (χ1v) is 7.56. The maximum atomic E-state index is 14.0. The van der Waals surface area contributed by atoms with E-state index in [9.17, 15) is 9.50 Å². The minimum absolute atomic E-state index is 0.310. The van der Waals surface area contributed by atoms with Crippen LogP contribution in [0.1, 0.15) is 24.2 Å². The Hall–Kier alpha value is -0.910. The average molecular weight is 344 g/mol. The third kappa shape index (κ3) is 3.55. The van der Waals surface area contributed by atoms with Crippen molar-refractivity contribution in [2.75, 3.05) is 11.9 Å². The highest BCUT2D eigenvalue weighted by Crippen LogP contribution is 2.26. The molecule has 1 N–H and O–H groups in total. The van der Waals surface area contributed by atoms with Crippen molar-refractivity contribution in [2.45, 2.75) is 19.6 Å². The summed E-state index contributed by atoms with van der Waals surface area (Å²) in [6, 6.07) is 6.88. The van der Waals surface area contributed by atoms with Gasteiger partial charge in [-0.25, -0.2) is 4.39 Å². The summed E-state index contributed by atoms with van der Waals surface area (Å²) in [5.74, 6) is -0.310. The second-order valence-corrected chi connectivity index (χ2v) is 6.79. The predicted molar refractivity (Wildman–Crippen MR) is 81.2 cm³/mol. The molecule has 0 spiro atoms. The monoisotopic (exact) mass is 343 g/mol. The zero-order chi connectivity index (χ0) is 14.0. The summed E-state index contributed by atoms with van der Waals surface area (Å²) in [5, 5.41) is 11.5. The van der Waals surface area contributed by atoms with Crippen LogP contribution in [0.15, 0.2) is 33.4 Å². The number of hydrogen-bond acceptors (Lipinski definition) is 3. The van der Waals surface area contributed by atoms with E-state index in [-0.39, 0.29) is 5.82 Å². The molecule has 102 valence electrons. The van der Waals surface area contributed by atoms with E-state index in [1.54, 1.807) is 30.4 Å². The summed E-state index contributed by atoms with van der Waals surface area (Å²) >= 11 is 5.03. The highest BCUT2D eigenvalue weighted by molar-refractivity contribution is 9.11. The first-order chi connectivity index (χ1) is 8.97. The molecule has 1 heterocycles. The lowest BCUT2D eigenvalue weighted by Gasteiger charge is -2.20. The van der Waals surface area contributed by atoms with Crippen molar-refractivity contribution in [3.05, 3.63) is 50.4 Å². The van der Waals surface area contributed by atoms with Gasteiger partial charge in [0.15, 0.2) is 0 Å². The Labute approximate surface area is 124 Å². The average Bonchev–Trinajstić information content (AvgIpc) is 2.74. The van der Waals surface area contributed by atoms with Crippen LogP contribution in [0.25, 0.3) is 0 Å². The molecule has 0 radical (unpaired) electrons. The van der Waals surface area contributed by atoms with E-state index in [4.69, 9.17) is 0 Å². The second-order valence-electron chi connectivity index (χ2n) is 4.50. The summed E-state index contributed by atoms with van der Waals surface area (Å²) in [6.45, 7) is 2.27. The van der Waals surface area contributed by atoms with E-state index in [0.29, 0.717) is 17.8 Å². The third-order valence-electron chi connectivity index (χ3n) is 2.91. The molecule has 0 amide bonds. The highest BCUT2D eigenvalue weighted by atomic mass is 79.9. The zero-order valence-electron chi connectivity index (χ0n) is 10.7.